The van der Waals surface area contributed by atoms with E-state index in [9.17, 15) is 31.9 Å². The van der Waals surface area contributed by atoms with Crippen LogP contribution >= 0.6 is 0 Å². The Morgan fingerprint density at radius 1 is 1.15 bits per heavy atom. The summed E-state index contributed by atoms with van der Waals surface area (Å²) in [4.78, 5) is 37.3. The molecule has 8 nitrogen and oxygen atoms in total. The normalized spacial score (nSPS) is 10.7. The number of nitrogens with one attached hydrogen (secondary N) is 2. The van der Waals surface area contributed by atoms with E-state index in [-0.39, 0.29) is 36.5 Å². The minimum atomic E-state index is -4.84. The van der Waals surface area contributed by atoms with Crippen LogP contribution in [0, 0.1) is 17.1 Å². The smallest absolute Gasteiger partial charge is 0.417 e. The maximum absolute atomic E-state index is 14.5. The van der Waals surface area contributed by atoms with E-state index in [2.05, 4.69) is 10.6 Å². The van der Waals surface area contributed by atoms with Gasteiger partial charge in [-0.05, 0) is 43.3 Å². The Morgan fingerprint density at radius 3 is 2.41 bits per heavy atom. The molecule has 12 heteroatoms. The van der Waals surface area contributed by atoms with Crippen molar-refractivity contribution in [3.63, 3.8) is 0 Å². The van der Waals surface area contributed by atoms with Crippen molar-refractivity contribution < 1.29 is 36.7 Å². The van der Waals surface area contributed by atoms with Gasteiger partial charge < -0.3 is 15.4 Å². The molecule has 2 aromatic rings. The van der Waals surface area contributed by atoms with E-state index >= 15 is 0 Å². The number of hydrogen-bond donors (Lipinski definition) is 2. The molecule has 0 saturated carbocycles. The average Bonchev–Trinajstić information content (AvgIpc) is 2.78. The lowest BCUT2D eigenvalue weighted by Crippen LogP contribution is -2.37. The lowest BCUT2D eigenvalue weighted by Gasteiger charge is -2.24. The molecule has 0 unspecified atom stereocenters. The number of hydrogen-bond acceptors (Lipinski definition) is 5. The fourth-order valence-corrected chi connectivity index (χ4v) is 2.92. The monoisotopic (exact) mass is 480 g/mol. The fraction of sp³-hybridized carbons (Fsp3) is 0.273. The van der Waals surface area contributed by atoms with Crippen molar-refractivity contribution in [1.82, 2.24) is 5.32 Å². The lowest BCUT2D eigenvalue weighted by molar-refractivity contribution is -0.142. The van der Waals surface area contributed by atoms with E-state index < -0.39 is 41.0 Å². The molecular formula is C22H20F4N4O4. The molecule has 0 aromatic heterocycles. The molecule has 0 heterocycles. The predicted octanol–water partition coefficient (Wildman–Crippen LogP) is 4.07. The SMILES string of the molecule is CCOC(=O)CCN(C(=O)Nc1ccc(C#N)c(C(F)(F)F)c1)c1ccc(C(=O)NC)c(F)c1. The van der Waals surface area contributed by atoms with E-state index in [1.165, 1.54) is 19.2 Å². The van der Waals surface area contributed by atoms with Gasteiger partial charge in [0.15, 0.2) is 0 Å². The summed E-state index contributed by atoms with van der Waals surface area (Å²) in [7, 11) is 1.31. The summed E-state index contributed by atoms with van der Waals surface area (Å²) >= 11 is 0. The molecule has 34 heavy (non-hydrogen) atoms. The Balaban J connectivity index is 2.39. The summed E-state index contributed by atoms with van der Waals surface area (Å²) in [6, 6.07) is 6.31. The van der Waals surface area contributed by atoms with Crippen LogP contribution in [-0.4, -0.2) is 38.1 Å². The van der Waals surface area contributed by atoms with Gasteiger partial charge in [-0.3, -0.25) is 14.5 Å². The number of esters is 1. The Labute approximate surface area is 192 Å². The summed E-state index contributed by atoms with van der Waals surface area (Å²) in [6.45, 7) is 1.37. The number of anilines is 2. The molecule has 0 saturated heterocycles. The number of amides is 3. The maximum Gasteiger partial charge on any atom is 0.417 e. The van der Waals surface area contributed by atoms with Crippen molar-refractivity contribution in [2.45, 2.75) is 19.5 Å². The Kier molecular flexibility index (Phi) is 8.55. The summed E-state index contributed by atoms with van der Waals surface area (Å²) in [5.74, 6) is -2.31. The summed E-state index contributed by atoms with van der Waals surface area (Å²) in [6.07, 6.45) is -5.13. The molecule has 0 aliphatic heterocycles. The highest BCUT2D eigenvalue weighted by atomic mass is 19.4. The third-order valence-electron chi connectivity index (χ3n) is 4.52. The maximum atomic E-state index is 14.5. The van der Waals surface area contributed by atoms with E-state index in [1.54, 1.807) is 6.92 Å². The molecule has 0 fully saturated rings. The highest BCUT2D eigenvalue weighted by Crippen LogP contribution is 2.33. The first kappa shape index (κ1) is 26.1. The number of alkyl halides is 3. The largest absolute Gasteiger partial charge is 0.466 e. The van der Waals surface area contributed by atoms with Gasteiger partial charge in [0.2, 0.25) is 0 Å². The molecule has 2 N–H and O–H groups in total. The van der Waals surface area contributed by atoms with Gasteiger partial charge in [-0.1, -0.05) is 0 Å². The van der Waals surface area contributed by atoms with E-state index in [0.29, 0.717) is 6.07 Å². The van der Waals surface area contributed by atoms with E-state index in [4.69, 9.17) is 10.00 Å². The number of benzene rings is 2. The number of carbonyl (C=O) groups excluding carboxylic acids is 3. The Morgan fingerprint density at radius 2 is 1.85 bits per heavy atom. The van der Waals surface area contributed by atoms with Crippen LogP contribution in [0.4, 0.5) is 33.7 Å². The number of ether oxygens (including phenoxy) is 1. The number of nitrogens with zero attached hydrogens (tertiary/aromatic N) is 2. The van der Waals surface area contributed by atoms with Crippen molar-refractivity contribution in [3.05, 3.63) is 58.9 Å². The topological polar surface area (TPSA) is 112 Å². The van der Waals surface area contributed by atoms with Crippen LogP contribution in [0.15, 0.2) is 36.4 Å². The van der Waals surface area contributed by atoms with Gasteiger partial charge in [-0.15, -0.1) is 0 Å². The van der Waals surface area contributed by atoms with Crippen molar-refractivity contribution in [3.8, 4) is 6.07 Å². The standard InChI is InChI=1S/C22H20F4N4O4/c1-3-34-19(31)8-9-30(15-6-7-16(18(23)11-15)20(32)28-2)21(33)29-14-5-4-13(12-27)17(10-14)22(24,25)26/h4-7,10-11H,3,8-9H2,1-2H3,(H,28,32)(H,29,33). The average molecular weight is 480 g/mol. The zero-order chi connectivity index (χ0) is 25.5. The zero-order valence-corrected chi connectivity index (χ0v) is 18.1. The molecule has 3 amide bonds. The minimum absolute atomic E-state index is 0.0587. The van der Waals surface area contributed by atoms with E-state index in [1.807, 2.05) is 0 Å². The third kappa shape index (κ3) is 6.44. The van der Waals surface area contributed by atoms with Crippen molar-refractivity contribution >= 4 is 29.3 Å². The number of nitriles is 1. The second-order valence-corrected chi connectivity index (χ2v) is 6.75. The minimum Gasteiger partial charge on any atom is -0.466 e. The highest BCUT2D eigenvalue weighted by Gasteiger charge is 2.34. The third-order valence-corrected chi connectivity index (χ3v) is 4.52. The van der Waals surface area contributed by atoms with Crippen molar-refractivity contribution in [1.29, 1.82) is 5.26 Å². The first-order valence-corrected chi connectivity index (χ1v) is 9.88. The quantitative estimate of drug-likeness (QED) is 0.459. The fourth-order valence-electron chi connectivity index (χ4n) is 2.92. The molecule has 0 bridgehead atoms. The first-order valence-electron chi connectivity index (χ1n) is 9.88. The second kappa shape index (κ2) is 11.1. The number of carbonyl (C=O) groups is 3. The van der Waals surface area contributed by atoms with Crippen LogP contribution in [0.5, 0.6) is 0 Å². The van der Waals surface area contributed by atoms with Crippen LogP contribution < -0.4 is 15.5 Å². The molecular weight excluding hydrogens is 460 g/mol. The Bertz CT molecular complexity index is 1130. The van der Waals surface area contributed by atoms with Crippen molar-refractivity contribution in [2.75, 3.05) is 30.4 Å². The molecule has 0 atom stereocenters. The lowest BCUT2D eigenvalue weighted by atomic mass is 10.1. The number of urea groups is 1. The molecule has 180 valence electrons. The van der Waals surface area contributed by atoms with Crippen LogP contribution in [0.2, 0.25) is 0 Å². The zero-order valence-electron chi connectivity index (χ0n) is 18.1. The first-order chi connectivity index (χ1) is 16.0. The molecule has 0 spiro atoms. The van der Waals surface area contributed by atoms with E-state index in [0.717, 1.165) is 29.2 Å². The van der Waals surface area contributed by atoms with Crippen LogP contribution in [0.3, 0.4) is 0 Å². The van der Waals surface area contributed by atoms with Gasteiger partial charge in [0.25, 0.3) is 5.91 Å². The molecule has 2 aromatic carbocycles. The summed E-state index contributed by atoms with van der Waals surface area (Å²) < 4.78 is 59.0. The molecule has 2 rings (SSSR count). The van der Waals surface area contributed by atoms with Crippen LogP contribution in [0.25, 0.3) is 0 Å². The second-order valence-electron chi connectivity index (χ2n) is 6.75. The molecule has 0 aliphatic carbocycles. The molecule has 0 radical (unpaired) electrons. The van der Waals surface area contributed by atoms with Gasteiger partial charge in [-0.2, -0.15) is 18.4 Å². The van der Waals surface area contributed by atoms with Crippen LogP contribution in [-0.2, 0) is 15.7 Å². The van der Waals surface area contributed by atoms with Gasteiger partial charge in [0, 0.05) is 25.0 Å². The highest BCUT2D eigenvalue weighted by molar-refractivity contribution is 6.02. The molecule has 0 aliphatic rings. The number of rotatable bonds is 7. The van der Waals surface area contributed by atoms with Gasteiger partial charge in [-0.25, -0.2) is 9.18 Å². The van der Waals surface area contributed by atoms with Crippen LogP contribution in [0.1, 0.15) is 34.8 Å². The van der Waals surface area contributed by atoms with Gasteiger partial charge in [0.05, 0.1) is 35.8 Å². The van der Waals surface area contributed by atoms with Gasteiger partial charge >= 0.3 is 18.2 Å². The van der Waals surface area contributed by atoms with Gasteiger partial charge in [0.1, 0.15) is 5.82 Å². The summed E-state index contributed by atoms with van der Waals surface area (Å²) in [5, 5.41) is 13.4. The van der Waals surface area contributed by atoms with Crippen molar-refractivity contribution in [2.24, 2.45) is 0 Å². The predicted molar refractivity (Wildman–Crippen MR) is 114 cm³/mol. The Hall–Kier alpha value is -4.14. The number of halogens is 4. The summed E-state index contributed by atoms with van der Waals surface area (Å²) in [5.41, 5.74) is -2.50.